The van der Waals surface area contributed by atoms with Crippen LogP contribution in [0, 0.1) is 0 Å². The Balaban J connectivity index is 1.89. The van der Waals surface area contributed by atoms with Crippen LogP contribution in [-0.2, 0) is 20.5 Å². The number of ether oxygens (including phenoxy) is 2. The summed E-state index contributed by atoms with van der Waals surface area (Å²) in [5.74, 6) is 0.185. The highest BCUT2D eigenvalue weighted by Crippen LogP contribution is 2.33. The number of hydrogen-bond acceptors (Lipinski definition) is 4. The van der Waals surface area contributed by atoms with Crippen LogP contribution in [0.4, 0.5) is 0 Å². The van der Waals surface area contributed by atoms with E-state index in [1.54, 1.807) is 50.3 Å². The second-order valence-electron chi connectivity index (χ2n) is 6.40. The van der Waals surface area contributed by atoms with Crippen molar-refractivity contribution in [3.05, 3.63) is 103 Å². The van der Waals surface area contributed by atoms with E-state index in [1.165, 1.54) is 12.2 Å². The van der Waals surface area contributed by atoms with E-state index in [9.17, 15) is 9.59 Å². The fourth-order valence-corrected chi connectivity index (χ4v) is 4.89. The molecule has 0 heterocycles. The molecule has 0 unspecified atom stereocenters. The zero-order chi connectivity index (χ0) is 22.1. The van der Waals surface area contributed by atoms with Crippen molar-refractivity contribution in [1.29, 1.82) is 0 Å². The number of esters is 2. The third-order valence-corrected chi connectivity index (χ3v) is 6.37. The van der Waals surface area contributed by atoms with Gasteiger partial charge in [0.1, 0.15) is 11.5 Å². The van der Waals surface area contributed by atoms with Gasteiger partial charge in [0.15, 0.2) is 14.7 Å². The molecule has 0 spiro atoms. The Hall–Kier alpha value is -3.57. The topological polar surface area (TPSA) is 52.6 Å². The summed E-state index contributed by atoms with van der Waals surface area (Å²) < 4.78 is 10.6. The molecule has 0 amide bonds. The van der Waals surface area contributed by atoms with Crippen molar-refractivity contribution in [3.63, 3.8) is 0 Å². The first kappa shape index (κ1) is 22.1. The van der Waals surface area contributed by atoms with E-state index in [2.05, 4.69) is 12.1 Å². The average molecular weight is 432 g/mol. The van der Waals surface area contributed by atoms with Crippen LogP contribution in [0.5, 0.6) is 11.5 Å². The van der Waals surface area contributed by atoms with Gasteiger partial charge < -0.3 is 9.47 Å². The van der Waals surface area contributed by atoms with Gasteiger partial charge in [-0.1, -0.05) is 30.4 Å². The highest BCUT2D eigenvalue weighted by atomic mass is 32.2. The standard InChI is InChI=1S/C26H23O4S/c1-3-8-25(27)29-20-12-16-23(17-13-20)31(22-10-6-5-7-11-22)24-18-14-21(15-19-24)30-26(28)9-4-2/h3-19H,1-2H3/q+1/b8-3+,9-4+. The van der Waals surface area contributed by atoms with Gasteiger partial charge in [-0.2, -0.15) is 0 Å². The van der Waals surface area contributed by atoms with Crippen LogP contribution in [0.1, 0.15) is 13.8 Å². The van der Waals surface area contributed by atoms with Gasteiger partial charge in [0.05, 0.1) is 10.9 Å². The lowest BCUT2D eigenvalue weighted by Crippen LogP contribution is -2.07. The van der Waals surface area contributed by atoms with Crippen molar-refractivity contribution < 1.29 is 19.1 Å². The van der Waals surface area contributed by atoms with Crippen LogP contribution >= 0.6 is 0 Å². The summed E-state index contributed by atoms with van der Waals surface area (Å²) in [5, 5.41) is 0. The molecule has 0 saturated heterocycles. The minimum atomic E-state index is -0.402. The highest BCUT2D eigenvalue weighted by Gasteiger charge is 2.28. The molecule has 0 bridgehead atoms. The molecular weight excluding hydrogens is 408 g/mol. The van der Waals surface area contributed by atoms with Gasteiger partial charge in [-0.05, 0) is 74.5 Å². The molecule has 31 heavy (non-hydrogen) atoms. The molecule has 0 radical (unpaired) electrons. The number of benzene rings is 3. The summed E-state index contributed by atoms with van der Waals surface area (Å²) in [7, 11) is -0.372. The van der Waals surface area contributed by atoms with Crippen LogP contribution in [0.3, 0.4) is 0 Å². The van der Waals surface area contributed by atoms with E-state index in [0.717, 1.165) is 14.7 Å². The number of rotatable bonds is 7. The minimum absolute atomic E-state index is 0.372. The fraction of sp³-hybridized carbons (Fsp3) is 0.0769. The number of carbonyl (C=O) groups is 2. The Labute approximate surface area is 185 Å². The summed E-state index contributed by atoms with van der Waals surface area (Å²) in [6.07, 6.45) is 6.05. The van der Waals surface area contributed by atoms with Crippen molar-refractivity contribution >= 4 is 22.8 Å². The first-order valence-electron chi connectivity index (χ1n) is 9.79. The second-order valence-corrected chi connectivity index (χ2v) is 8.43. The monoisotopic (exact) mass is 431 g/mol. The molecule has 3 aromatic carbocycles. The molecular formula is C26H23O4S+. The third-order valence-electron chi connectivity index (χ3n) is 4.14. The van der Waals surface area contributed by atoms with E-state index in [0.29, 0.717) is 11.5 Å². The molecule has 0 fully saturated rings. The summed E-state index contributed by atoms with van der Waals surface area (Å²) >= 11 is 0. The van der Waals surface area contributed by atoms with Crippen LogP contribution in [0.15, 0.2) is 118 Å². The Morgan fingerprint density at radius 3 is 1.39 bits per heavy atom. The van der Waals surface area contributed by atoms with Crippen molar-refractivity contribution in [3.8, 4) is 11.5 Å². The molecule has 3 rings (SSSR count). The van der Waals surface area contributed by atoms with Crippen molar-refractivity contribution in [2.24, 2.45) is 0 Å². The molecule has 156 valence electrons. The maximum absolute atomic E-state index is 11.7. The quantitative estimate of drug-likeness (QED) is 0.207. The Morgan fingerprint density at radius 1 is 0.613 bits per heavy atom. The van der Waals surface area contributed by atoms with Crippen LogP contribution in [-0.4, -0.2) is 11.9 Å². The Kier molecular flexibility index (Phi) is 7.85. The highest BCUT2D eigenvalue weighted by molar-refractivity contribution is 7.97. The van der Waals surface area contributed by atoms with Crippen molar-refractivity contribution in [2.75, 3.05) is 0 Å². The Bertz CT molecular complexity index is 999. The first-order valence-corrected chi connectivity index (χ1v) is 11.0. The van der Waals surface area contributed by atoms with E-state index in [4.69, 9.17) is 9.47 Å². The van der Waals surface area contributed by atoms with Crippen LogP contribution in [0.25, 0.3) is 0 Å². The fourth-order valence-electron chi connectivity index (χ4n) is 2.82. The molecule has 0 aliphatic carbocycles. The second kappa shape index (κ2) is 11.0. The van der Waals surface area contributed by atoms with Crippen molar-refractivity contribution in [2.45, 2.75) is 28.5 Å². The molecule has 4 nitrogen and oxygen atoms in total. The van der Waals surface area contributed by atoms with Gasteiger partial charge in [0, 0.05) is 12.2 Å². The summed E-state index contributed by atoms with van der Waals surface area (Å²) in [6.45, 7) is 3.53. The zero-order valence-electron chi connectivity index (χ0n) is 17.4. The number of carbonyl (C=O) groups excluding carboxylic acids is 2. The van der Waals surface area contributed by atoms with Crippen LogP contribution < -0.4 is 9.47 Å². The maximum Gasteiger partial charge on any atom is 0.335 e. The normalized spacial score (nSPS) is 11.2. The molecule has 0 aliphatic rings. The lowest BCUT2D eigenvalue weighted by molar-refractivity contribution is -0.129. The maximum atomic E-state index is 11.7. The number of allylic oxidation sites excluding steroid dienone is 2. The van der Waals surface area contributed by atoms with Gasteiger partial charge >= 0.3 is 11.9 Å². The van der Waals surface area contributed by atoms with E-state index in [-0.39, 0.29) is 10.9 Å². The van der Waals surface area contributed by atoms with Crippen molar-refractivity contribution in [1.82, 2.24) is 0 Å². The SMILES string of the molecule is C/C=C/C(=O)Oc1ccc([S+](c2ccccc2)c2ccc(OC(=O)/C=C/C)cc2)cc1. The molecule has 3 aromatic rings. The van der Waals surface area contributed by atoms with E-state index >= 15 is 0 Å². The predicted molar refractivity (Wildman–Crippen MR) is 122 cm³/mol. The predicted octanol–water partition coefficient (Wildman–Crippen LogP) is 5.75. The lowest BCUT2D eigenvalue weighted by Gasteiger charge is -2.09. The van der Waals surface area contributed by atoms with Gasteiger partial charge in [-0.3, -0.25) is 0 Å². The van der Waals surface area contributed by atoms with Gasteiger partial charge in [-0.15, -0.1) is 0 Å². The number of hydrogen-bond donors (Lipinski definition) is 0. The molecule has 0 atom stereocenters. The van der Waals surface area contributed by atoms with Crippen LogP contribution in [0.2, 0.25) is 0 Å². The average Bonchev–Trinajstić information content (AvgIpc) is 2.77. The summed E-state index contributed by atoms with van der Waals surface area (Å²) in [6, 6.07) is 25.2. The lowest BCUT2D eigenvalue weighted by atomic mass is 10.3. The molecule has 5 heteroatoms. The van der Waals surface area contributed by atoms with E-state index in [1.807, 2.05) is 42.5 Å². The molecule has 0 aromatic heterocycles. The Morgan fingerprint density at radius 2 is 1.00 bits per heavy atom. The third kappa shape index (κ3) is 6.20. The first-order chi connectivity index (χ1) is 15.1. The van der Waals surface area contributed by atoms with Gasteiger partial charge in [0.25, 0.3) is 0 Å². The minimum Gasteiger partial charge on any atom is -0.423 e. The van der Waals surface area contributed by atoms with Gasteiger partial charge in [0.2, 0.25) is 0 Å². The summed E-state index contributed by atoms with van der Waals surface area (Å²) in [4.78, 5) is 26.7. The van der Waals surface area contributed by atoms with Gasteiger partial charge in [-0.25, -0.2) is 9.59 Å². The largest absolute Gasteiger partial charge is 0.423 e. The molecule has 0 saturated carbocycles. The molecule has 0 aliphatic heterocycles. The van der Waals surface area contributed by atoms with E-state index < -0.39 is 11.9 Å². The summed E-state index contributed by atoms with van der Waals surface area (Å²) in [5.41, 5.74) is 0. The smallest absolute Gasteiger partial charge is 0.335 e. The zero-order valence-corrected chi connectivity index (χ0v) is 18.2. The molecule has 0 N–H and O–H groups in total.